The van der Waals surface area contributed by atoms with Crippen LogP contribution in [0.5, 0.6) is 11.5 Å². The molecule has 1 N–H and O–H groups in total. The van der Waals surface area contributed by atoms with Gasteiger partial charge < -0.3 is 9.47 Å². The molecule has 0 aliphatic heterocycles. The van der Waals surface area contributed by atoms with Crippen molar-refractivity contribution in [3.63, 3.8) is 0 Å². The molecule has 24 heavy (non-hydrogen) atoms. The summed E-state index contributed by atoms with van der Waals surface area (Å²) in [6, 6.07) is 15.8. The first kappa shape index (κ1) is 16.3. The molecule has 0 spiro atoms. The van der Waals surface area contributed by atoms with E-state index >= 15 is 0 Å². The number of aromatic amines is 1. The maximum Gasteiger partial charge on any atom is 0.199 e. The van der Waals surface area contributed by atoms with E-state index in [1.807, 2.05) is 47.0 Å². The molecule has 1 heterocycles. The lowest BCUT2D eigenvalue weighted by Crippen LogP contribution is -2.05. The standard InChI is InChI=1S/C18H19N3O2S/c1-22-14-7-5-6-13(12-14)10-11-17-19-20-18(24)21(17)15-8-3-4-9-16(15)23-2/h3-9,12H,10-11H2,1-2H3,(H,20,24). The minimum Gasteiger partial charge on any atom is -0.497 e. The van der Waals surface area contributed by atoms with Gasteiger partial charge in [-0.1, -0.05) is 24.3 Å². The molecular formula is C18H19N3O2S. The van der Waals surface area contributed by atoms with Crippen LogP contribution in [-0.4, -0.2) is 29.0 Å². The van der Waals surface area contributed by atoms with Crippen molar-refractivity contribution in [2.45, 2.75) is 12.8 Å². The number of aryl methyl sites for hydroxylation is 2. The van der Waals surface area contributed by atoms with Gasteiger partial charge in [0.1, 0.15) is 17.3 Å². The summed E-state index contributed by atoms with van der Waals surface area (Å²) in [7, 11) is 3.32. The van der Waals surface area contributed by atoms with Gasteiger partial charge in [0.15, 0.2) is 4.77 Å². The Kier molecular flexibility index (Phi) is 4.96. The highest BCUT2D eigenvalue weighted by Crippen LogP contribution is 2.24. The molecule has 5 nitrogen and oxygen atoms in total. The number of ether oxygens (including phenoxy) is 2. The Labute approximate surface area is 145 Å². The summed E-state index contributed by atoms with van der Waals surface area (Å²) in [5.41, 5.74) is 2.08. The van der Waals surface area contributed by atoms with Crippen LogP contribution in [0, 0.1) is 4.77 Å². The van der Waals surface area contributed by atoms with Gasteiger partial charge in [0, 0.05) is 6.42 Å². The van der Waals surface area contributed by atoms with Crippen molar-refractivity contribution in [1.29, 1.82) is 0 Å². The SMILES string of the molecule is COc1cccc(CCc2n[nH]c(=S)n2-c2ccccc2OC)c1. The smallest absolute Gasteiger partial charge is 0.199 e. The van der Waals surface area contributed by atoms with Crippen molar-refractivity contribution < 1.29 is 9.47 Å². The second-order valence-electron chi connectivity index (χ2n) is 5.30. The topological polar surface area (TPSA) is 52.1 Å². The van der Waals surface area contributed by atoms with Crippen LogP contribution in [0.2, 0.25) is 0 Å². The number of methoxy groups -OCH3 is 2. The highest BCUT2D eigenvalue weighted by atomic mass is 32.1. The third kappa shape index (κ3) is 3.33. The number of rotatable bonds is 6. The molecule has 124 valence electrons. The quantitative estimate of drug-likeness (QED) is 0.694. The lowest BCUT2D eigenvalue weighted by molar-refractivity contribution is 0.412. The summed E-state index contributed by atoms with van der Waals surface area (Å²) in [4.78, 5) is 0. The molecular weight excluding hydrogens is 322 g/mol. The van der Waals surface area contributed by atoms with E-state index in [1.165, 1.54) is 5.56 Å². The van der Waals surface area contributed by atoms with Gasteiger partial charge in [-0.2, -0.15) is 5.10 Å². The summed E-state index contributed by atoms with van der Waals surface area (Å²) < 4.78 is 13.2. The van der Waals surface area contributed by atoms with Crippen LogP contribution in [0.15, 0.2) is 48.5 Å². The van der Waals surface area contributed by atoms with Crippen molar-refractivity contribution in [3.8, 4) is 17.2 Å². The highest BCUT2D eigenvalue weighted by Gasteiger charge is 2.12. The minimum absolute atomic E-state index is 0.556. The van der Waals surface area contributed by atoms with Crippen LogP contribution >= 0.6 is 12.2 Å². The summed E-state index contributed by atoms with van der Waals surface area (Å²) in [6.07, 6.45) is 1.59. The fourth-order valence-corrected chi connectivity index (χ4v) is 2.89. The predicted octanol–water partition coefficient (Wildman–Crippen LogP) is 3.73. The van der Waals surface area contributed by atoms with E-state index in [1.54, 1.807) is 14.2 Å². The fourth-order valence-electron chi connectivity index (χ4n) is 2.64. The Morgan fingerprint density at radius 3 is 2.67 bits per heavy atom. The molecule has 0 saturated carbocycles. The fraction of sp³-hybridized carbons (Fsp3) is 0.222. The van der Waals surface area contributed by atoms with Gasteiger partial charge in [-0.05, 0) is 48.5 Å². The Bertz CT molecular complexity index is 886. The zero-order valence-electron chi connectivity index (χ0n) is 13.7. The Morgan fingerprint density at radius 2 is 1.88 bits per heavy atom. The van der Waals surface area contributed by atoms with Crippen LogP contribution in [-0.2, 0) is 12.8 Å². The highest BCUT2D eigenvalue weighted by molar-refractivity contribution is 7.71. The number of para-hydroxylation sites is 2. The first-order valence-corrected chi connectivity index (χ1v) is 8.06. The zero-order chi connectivity index (χ0) is 16.9. The van der Waals surface area contributed by atoms with E-state index < -0.39 is 0 Å². The van der Waals surface area contributed by atoms with E-state index in [0.717, 1.165) is 35.9 Å². The van der Waals surface area contributed by atoms with Gasteiger partial charge in [0.25, 0.3) is 0 Å². The average molecular weight is 341 g/mol. The number of nitrogens with zero attached hydrogens (tertiary/aromatic N) is 2. The molecule has 0 bridgehead atoms. The van der Waals surface area contributed by atoms with Crippen LogP contribution < -0.4 is 9.47 Å². The molecule has 0 aliphatic rings. The summed E-state index contributed by atoms with van der Waals surface area (Å²) in [6.45, 7) is 0. The number of benzene rings is 2. The average Bonchev–Trinajstić information content (AvgIpc) is 3.00. The van der Waals surface area contributed by atoms with E-state index in [4.69, 9.17) is 21.7 Å². The normalized spacial score (nSPS) is 10.6. The van der Waals surface area contributed by atoms with E-state index in [9.17, 15) is 0 Å². The van der Waals surface area contributed by atoms with Crippen molar-refractivity contribution in [1.82, 2.24) is 14.8 Å². The van der Waals surface area contributed by atoms with E-state index in [-0.39, 0.29) is 0 Å². The zero-order valence-corrected chi connectivity index (χ0v) is 14.5. The van der Waals surface area contributed by atoms with Gasteiger partial charge >= 0.3 is 0 Å². The van der Waals surface area contributed by atoms with Crippen LogP contribution in [0.1, 0.15) is 11.4 Å². The lowest BCUT2D eigenvalue weighted by Gasteiger charge is -2.11. The largest absolute Gasteiger partial charge is 0.497 e. The first-order valence-electron chi connectivity index (χ1n) is 7.65. The molecule has 0 amide bonds. The maximum absolute atomic E-state index is 5.45. The molecule has 3 rings (SSSR count). The number of nitrogens with one attached hydrogen (secondary N) is 1. The summed E-state index contributed by atoms with van der Waals surface area (Å²) in [5, 5.41) is 7.27. The second-order valence-corrected chi connectivity index (χ2v) is 5.69. The minimum atomic E-state index is 0.556. The molecule has 0 fully saturated rings. The molecule has 0 aliphatic carbocycles. The monoisotopic (exact) mass is 341 g/mol. The Morgan fingerprint density at radius 1 is 1.04 bits per heavy atom. The molecule has 2 aromatic carbocycles. The van der Waals surface area contributed by atoms with E-state index in [2.05, 4.69) is 16.3 Å². The van der Waals surface area contributed by atoms with Gasteiger partial charge in [0.05, 0.1) is 19.9 Å². The molecule has 0 unspecified atom stereocenters. The first-order chi connectivity index (χ1) is 11.7. The van der Waals surface area contributed by atoms with Crippen LogP contribution in [0.4, 0.5) is 0 Å². The van der Waals surface area contributed by atoms with E-state index in [0.29, 0.717) is 4.77 Å². The number of aromatic nitrogens is 3. The van der Waals surface area contributed by atoms with Crippen molar-refractivity contribution in [2.75, 3.05) is 14.2 Å². The van der Waals surface area contributed by atoms with Gasteiger partial charge in [-0.25, -0.2) is 0 Å². The Hall–Kier alpha value is -2.60. The van der Waals surface area contributed by atoms with Crippen molar-refractivity contribution in [2.24, 2.45) is 0 Å². The third-order valence-corrected chi connectivity index (χ3v) is 4.11. The number of hydrogen-bond acceptors (Lipinski definition) is 4. The lowest BCUT2D eigenvalue weighted by atomic mass is 10.1. The van der Waals surface area contributed by atoms with Gasteiger partial charge in [0.2, 0.25) is 0 Å². The summed E-state index contributed by atoms with van der Waals surface area (Å²) >= 11 is 5.40. The molecule has 3 aromatic rings. The molecule has 1 aromatic heterocycles. The molecule has 0 radical (unpaired) electrons. The second kappa shape index (κ2) is 7.31. The Balaban J connectivity index is 1.89. The predicted molar refractivity (Wildman–Crippen MR) is 95.7 cm³/mol. The number of hydrogen-bond donors (Lipinski definition) is 1. The molecule has 0 atom stereocenters. The van der Waals surface area contributed by atoms with Crippen LogP contribution in [0.3, 0.4) is 0 Å². The van der Waals surface area contributed by atoms with Gasteiger partial charge in [-0.15, -0.1) is 0 Å². The van der Waals surface area contributed by atoms with Crippen LogP contribution in [0.25, 0.3) is 5.69 Å². The molecule has 0 saturated heterocycles. The van der Waals surface area contributed by atoms with Crippen molar-refractivity contribution in [3.05, 3.63) is 64.7 Å². The summed E-state index contributed by atoms with van der Waals surface area (Å²) in [5.74, 6) is 2.49. The van der Waals surface area contributed by atoms with Crippen molar-refractivity contribution >= 4 is 12.2 Å². The van der Waals surface area contributed by atoms with Gasteiger partial charge in [-0.3, -0.25) is 9.67 Å². The molecule has 6 heteroatoms. The maximum atomic E-state index is 5.45. The third-order valence-electron chi connectivity index (χ3n) is 3.84. The number of H-pyrrole nitrogens is 1.